The van der Waals surface area contributed by atoms with E-state index in [1.54, 1.807) is 0 Å². The zero-order valence-corrected chi connectivity index (χ0v) is 11.8. The highest BCUT2D eigenvalue weighted by atomic mass is 16.5. The molecular weight excluding hydrogens is 228 g/mol. The lowest BCUT2D eigenvalue weighted by Gasteiger charge is -2.14. The summed E-state index contributed by atoms with van der Waals surface area (Å²) in [5.41, 5.74) is 2.66. The van der Waals surface area contributed by atoms with Crippen molar-refractivity contribution in [1.82, 2.24) is 5.43 Å². The molecule has 1 atom stereocenters. The lowest BCUT2D eigenvalue weighted by Crippen LogP contribution is -2.22. The van der Waals surface area contributed by atoms with Crippen LogP contribution in [0.15, 0.2) is 0 Å². The van der Waals surface area contributed by atoms with Gasteiger partial charge in [0.25, 0.3) is 6.47 Å². The van der Waals surface area contributed by atoms with Crippen molar-refractivity contribution in [2.45, 2.75) is 77.2 Å². The maximum Gasteiger partial charge on any atom is 0.293 e. The molecule has 4 heteroatoms. The van der Waals surface area contributed by atoms with Crippen LogP contribution in [0.1, 0.15) is 71.1 Å². The average Bonchev–Trinajstić information content (AvgIpc) is 2.38. The first-order chi connectivity index (χ1) is 8.85. The zero-order chi connectivity index (χ0) is 13.5. The third-order valence-electron chi connectivity index (χ3n) is 3.22. The van der Waals surface area contributed by atoms with Gasteiger partial charge in [0.1, 0.15) is 6.10 Å². The lowest BCUT2D eigenvalue weighted by atomic mass is 10.0. The molecule has 0 rings (SSSR count). The van der Waals surface area contributed by atoms with Crippen LogP contribution in [0.2, 0.25) is 0 Å². The van der Waals surface area contributed by atoms with Crippen molar-refractivity contribution in [1.29, 1.82) is 0 Å². The average molecular weight is 258 g/mol. The predicted molar refractivity (Wildman–Crippen MR) is 75.0 cm³/mol. The number of hydrogen-bond donors (Lipinski definition) is 2. The van der Waals surface area contributed by atoms with Gasteiger partial charge >= 0.3 is 0 Å². The van der Waals surface area contributed by atoms with Crippen LogP contribution >= 0.6 is 0 Å². The molecule has 0 aromatic rings. The van der Waals surface area contributed by atoms with Crippen LogP contribution in [-0.2, 0) is 9.53 Å². The van der Waals surface area contributed by atoms with Gasteiger partial charge in [-0.15, -0.1) is 0 Å². The molecule has 0 aromatic heterocycles. The third-order valence-corrected chi connectivity index (χ3v) is 3.22. The van der Waals surface area contributed by atoms with E-state index in [2.05, 4.69) is 12.3 Å². The minimum Gasteiger partial charge on any atom is -0.465 e. The standard InChI is InChI=1S/C14H30N2O2/c1-2-3-7-10-14(18-13-17)11-8-5-4-6-9-12-16-15/h13-14,16H,2-12,15H2,1H3. The number of carbonyl (C=O) groups is 1. The summed E-state index contributed by atoms with van der Waals surface area (Å²) in [7, 11) is 0. The summed E-state index contributed by atoms with van der Waals surface area (Å²) < 4.78 is 5.13. The van der Waals surface area contributed by atoms with Gasteiger partial charge in [0.2, 0.25) is 0 Å². The third kappa shape index (κ3) is 11.9. The highest BCUT2D eigenvalue weighted by molar-refractivity contribution is 5.37. The Balaban J connectivity index is 3.42. The number of ether oxygens (including phenoxy) is 1. The topological polar surface area (TPSA) is 64.3 Å². The largest absolute Gasteiger partial charge is 0.465 e. The van der Waals surface area contributed by atoms with E-state index in [0.29, 0.717) is 6.47 Å². The van der Waals surface area contributed by atoms with Gasteiger partial charge < -0.3 is 4.74 Å². The molecule has 18 heavy (non-hydrogen) atoms. The number of unbranched alkanes of at least 4 members (excludes halogenated alkanes) is 6. The van der Waals surface area contributed by atoms with E-state index in [9.17, 15) is 4.79 Å². The summed E-state index contributed by atoms with van der Waals surface area (Å²) in [5, 5.41) is 0. The number of nitrogens with one attached hydrogen (secondary N) is 1. The van der Waals surface area contributed by atoms with E-state index in [1.165, 1.54) is 32.1 Å². The molecule has 0 aliphatic carbocycles. The summed E-state index contributed by atoms with van der Waals surface area (Å²) in [6, 6.07) is 0. The highest BCUT2D eigenvalue weighted by Crippen LogP contribution is 2.14. The predicted octanol–water partition coefficient (Wildman–Crippen LogP) is 2.91. The van der Waals surface area contributed by atoms with Crippen LogP contribution in [0.3, 0.4) is 0 Å². The summed E-state index contributed by atoms with van der Waals surface area (Å²) >= 11 is 0. The normalized spacial score (nSPS) is 12.3. The van der Waals surface area contributed by atoms with Crippen molar-refractivity contribution in [2.24, 2.45) is 5.84 Å². The molecule has 0 amide bonds. The summed E-state index contributed by atoms with van der Waals surface area (Å²) in [5.74, 6) is 5.20. The molecule has 0 saturated carbocycles. The van der Waals surface area contributed by atoms with Crippen LogP contribution < -0.4 is 11.3 Å². The molecule has 0 bridgehead atoms. The van der Waals surface area contributed by atoms with Crippen molar-refractivity contribution in [2.75, 3.05) is 6.54 Å². The van der Waals surface area contributed by atoms with Crippen LogP contribution in [0.5, 0.6) is 0 Å². The van der Waals surface area contributed by atoms with Crippen molar-refractivity contribution < 1.29 is 9.53 Å². The van der Waals surface area contributed by atoms with Crippen molar-refractivity contribution in [3.05, 3.63) is 0 Å². The number of carbonyl (C=O) groups excluding carboxylic acids is 1. The molecular formula is C14H30N2O2. The Morgan fingerprint density at radius 1 is 1.06 bits per heavy atom. The minimum atomic E-state index is 0.139. The van der Waals surface area contributed by atoms with Gasteiger partial charge in [-0.1, -0.05) is 39.0 Å². The van der Waals surface area contributed by atoms with Gasteiger partial charge in [0.05, 0.1) is 0 Å². The van der Waals surface area contributed by atoms with Gasteiger partial charge in [-0.2, -0.15) is 0 Å². The Labute approximate surface area is 112 Å². The molecule has 0 saturated heterocycles. The molecule has 0 aliphatic rings. The first kappa shape index (κ1) is 17.4. The second-order valence-corrected chi connectivity index (χ2v) is 4.86. The van der Waals surface area contributed by atoms with E-state index >= 15 is 0 Å². The first-order valence-corrected chi connectivity index (χ1v) is 7.37. The molecule has 0 aliphatic heterocycles. The van der Waals surface area contributed by atoms with E-state index in [1.807, 2.05) is 0 Å². The van der Waals surface area contributed by atoms with Crippen molar-refractivity contribution >= 4 is 6.47 Å². The smallest absolute Gasteiger partial charge is 0.293 e. The molecule has 108 valence electrons. The summed E-state index contributed by atoms with van der Waals surface area (Å²) in [4.78, 5) is 10.4. The number of hydrogen-bond acceptors (Lipinski definition) is 4. The fourth-order valence-corrected chi connectivity index (χ4v) is 2.11. The van der Waals surface area contributed by atoms with Gasteiger partial charge in [0.15, 0.2) is 0 Å². The fraction of sp³-hybridized carbons (Fsp3) is 0.929. The fourth-order valence-electron chi connectivity index (χ4n) is 2.11. The SMILES string of the molecule is CCCCCC(CCCCCCCNN)OC=O. The van der Waals surface area contributed by atoms with E-state index < -0.39 is 0 Å². The maximum absolute atomic E-state index is 10.4. The molecule has 3 N–H and O–H groups in total. The Morgan fingerprint density at radius 2 is 1.67 bits per heavy atom. The Bertz CT molecular complexity index is 177. The van der Waals surface area contributed by atoms with Crippen LogP contribution in [0.4, 0.5) is 0 Å². The monoisotopic (exact) mass is 258 g/mol. The Kier molecular flexibility index (Phi) is 14.0. The van der Waals surface area contributed by atoms with Crippen LogP contribution in [0, 0.1) is 0 Å². The molecule has 0 aromatic carbocycles. The van der Waals surface area contributed by atoms with Gasteiger partial charge in [0, 0.05) is 6.54 Å². The van der Waals surface area contributed by atoms with Gasteiger partial charge in [-0.25, -0.2) is 0 Å². The quantitative estimate of drug-likeness (QED) is 0.218. The molecule has 0 radical (unpaired) electrons. The van der Waals surface area contributed by atoms with Crippen LogP contribution in [0.25, 0.3) is 0 Å². The highest BCUT2D eigenvalue weighted by Gasteiger charge is 2.08. The molecule has 0 fully saturated rings. The number of hydrazine groups is 1. The second kappa shape index (κ2) is 14.5. The van der Waals surface area contributed by atoms with Gasteiger partial charge in [-0.05, 0) is 32.1 Å². The summed E-state index contributed by atoms with van der Waals surface area (Å²) in [6.07, 6.45) is 11.7. The van der Waals surface area contributed by atoms with Gasteiger partial charge in [-0.3, -0.25) is 16.1 Å². The zero-order valence-electron chi connectivity index (χ0n) is 11.8. The first-order valence-electron chi connectivity index (χ1n) is 7.37. The molecule has 0 spiro atoms. The minimum absolute atomic E-state index is 0.139. The van der Waals surface area contributed by atoms with E-state index in [0.717, 1.165) is 38.6 Å². The summed E-state index contributed by atoms with van der Waals surface area (Å²) in [6.45, 7) is 3.68. The van der Waals surface area contributed by atoms with Crippen molar-refractivity contribution in [3.63, 3.8) is 0 Å². The van der Waals surface area contributed by atoms with Crippen molar-refractivity contribution in [3.8, 4) is 0 Å². The lowest BCUT2D eigenvalue weighted by molar-refractivity contribution is -0.134. The number of nitrogens with two attached hydrogens (primary N) is 1. The van der Waals surface area contributed by atoms with Crippen LogP contribution in [-0.4, -0.2) is 19.1 Å². The van der Waals surface area contributed by atoms with E-state index in [4.69, 9.17) is 10.6 Å². The molecule has 1 unspecified atom stereocenters. The molecule has 0 heterocycles. The van der Waals surface area contributed by atoms with E-state index in [-0.39, 0.29) is 6.10 Å². The second-order valence-electron chi connectivity index (χ2n) is 4.86. The molecule has 4 nitrogen and oxygen atoms in total. The maximum atomic E-state index is 10.4. The Morgan fingerprint density at radius 3 is 2.28 bits per heavy atom. The number of rotatable bonds is 14. The Hall–Kier alpha value is -0.610.